The molecule has 0 amide bonds. The number of nitrogens with zero attached hydrogens (tertiary/aromatic N) is 2. The van der Waals surface area contributed by atoms with E-state index in [4.69, 9.17) is 0 Å². The first-order valence-corrected chi connectivity index (χ1v) is 6.98. The predicted octanol–water partition coefficient (Wildman–Crippen LogP) is 2.64. The van der Waals surface area contributed by atoms with E-state index < -0.39 is 0 Å². The van der Waals surface area contributed by atoms with Crippen LogP contribution in [0.15, 0.2) is 36.7 Å². The third kappa shape index (κ3) is 3.67. The van der Waals surface area contributed by atoms with Crippen molar-refractivity contribution in [1.82, 2.24) is 14.9 Å². The van der Waals surface area contributed by atoms with E-state index in [0.717, 1.165) is 25.2 Å². The summed E-state index contributed by atoms with van der Waals surface area (Å²) in [5.74, 6) is 1.14. The Morgan fingerprint density at radius 2 is 1.89 bits per heavy atom. The highest BCUT2D eigenvalue weighted by Gasteiger charge is 2.04. The summed E-state index contributed by atoms with van der Waals surface area (Å²) in [5, 5.41) is 3.27. The van der Waals surface area contributed by atoms with E-state index >= 15 is 0 Å². The Balaban J connectivity index is 2.02. The van der Waals surface area contributed by atoms with Gasteiger partial charge in [-0.25, -0.2) is 4.98 Å². The molecule has 0 aliphatic carbocycles. The van der Waals surface area contributed by atoms with Gasteiger partial charge in [-0.1, -0.05) is 24.3 Å². The second-order valence-electron chi connectivity index (χ2n) is 5.02. The molecule has 3 nitrogen and oxygen atoms in total. The standard InChI is InChI=1S/C16H23N3/c1-4-19-10-9-18-16(19)12-15-7-5-14(6-8-15)11-13(2)17-3/h5-10,13,17H,4,11-12H2,1-3H3. The monoisotopic (exact) mass is 257 g/mol. The molecule has 1 N–H and O–H groups in total. The lowest BCUT2D eigenvalue weighted by atomic mass is 10.0. The third-order valence-corrected chi connectivity index (χ3v) is 3.56. The number of imidazole rings is 1. The third-order valence-electron chi connectivity index (χ3n) is 3.56. The average Bonchev–Trinajstić information content (AvgIpc) is 2.88. The SMILES string of the molecule is CCn1ccnc1Cc1ccc(CC(C)NC)cc1. The van der Waals surface area contributed by atoms with E-state index in [0.29, 0.717) is 6.04 Å². The van der Waals surface area contributed by atoms with E-state index in [1.54, 1.807) is 0 Å². The highest BCUT2D eigenvalue weighted by molar-refractivity contribution is 5.25. The molecular formula is C16H23N3. The summed E-state index contributed by atoms with van der Waals surface area (Å²) in [6, 6.07) is 9.40. The molecule has 0 aliphatic heterocycles. The summed E-state index contributed by atoms with van der Waals surface area (Å²) in [6.07, 6.45) is 5.89. The summed E-state index contributed by atoms with van der Waals surface area (Å²) in [6.45, 7) is 5.33. The fraction of sp³-hybridized carbons (Fsp3) is 0.438. The van der Waals surface area contributed by atoms with Crippen molar-refractivity contribution in [3.05, 3.63) is 53.6 Å². The van der Waals surface area contributed by atoms with Crippen molar-refractivity contribution in [2.75, 3.05) is 7.05 Å². The minimum atomic E-state index is 0.518. The van der Waals surface area contributed by atoms with Crippen molar-refractivity contribution < 1.29 is 0 Å². The molecule has 1 atom stereocenters. The van der Waals surface area contributed by atoms with Crippen LogP contribution in [0.25, 0.3) is 0 Å². The molecule has 102 valence electrons. The Kier molecular flexibility index (Phi) is 4.74. The van der Waals surface area contributed by atoms with Crippen molar-refractivity contribution in [2.45, 2.75) is 39.3 Å². The van der Waals surface area contributed by atoms with Gasteiger partial charge in [0, 0.05) is 31.4 Å². The summed E-state index contributed by atoms with van der Waals surface area (Å²) in [7, 11) is 2.00. The zero-order chi connectivity index (χ0) is 13.7. The summed E-state index contributed by atoms with van der Waals surface area (Å²) >= 11 is 0. The number of hydrogen-bond acceptors (Lipinski definition) is 2. The zero-order valence-electron chi connectivity index (χ0n) is 12.1. The average molecular weight is 257 g/mol. The van der Waals surface area contributed by atoms with Gasteiger partial charge in [0.05, 0.1) is 0 Å². The largest absolute Gasteiger partial charge is 0.335 e. The molecule has 0 fully saturated rings. The van der Waals surface area contributed by atoms with Gasteiger partial charge in [-0.15, -0.1) is 0 Å². The summed E-state index contributed by atoms with van der Waals surface area (Å²) in [5.41, 5.74) is 2.70. The molecule has 3 heteroatoms. The first-order valence-electron chi connectivity index (χ1n) is 6.98. The molecule has 1 aromatic carbocycles. The van der Waals surface area contributed by atoms with Gasteiger partial charge in [-0.2, -0.15) is 0 Å². The molecule has 2 rings (SSSR count). The Morgan fingerprint density at radius 3 is 2.53 bits per heavy atom. The lowest BCUT2D eigenvalue weighted by Crippen LogP contribution is -2.23. The van der Waals surface area contributed by atoms with Crippen LogP contribution in [0.3, 0.4) is 0 Å². The van der Waals surface area contributed by atoms with Crippen molar-refractivity contribution in [1.29, 1.82) is 0 Å². The van der Waals surface area contributed by atoms with E-state index in [1.807, 2.05) is 19.4 Å². The Morgan fingerprint density at radius 1 is 1.21 bits per heavy atom. The minimum Gasteiger partial charge on any atom is -0.335 e. The smallest absolute Gasteiger partial charge is 0.113 e. The van der Waals surface area contributed by atoms with Crippen molar-refractivity contribution >= 4 is 0 Å². The van der Waals surface area contributed by atoms with E-state index in [-0.39, 0.29) is 0 Å². The molecule has 0 radical (unpaired) electrons. The number of benzene rings is 1. The quantitative estimate of drug-likeness (QED) is 0.862. The molecule has 0 saturated carbocycles. The Labute approximate surface area is 115 Å². The topological polar surface area (TPSA) is 29.9 Å². The number of likely N-dealkylation sites (N-methyl/N-ethyl adjacent to an activating group) is 1. The zero-order valence-corrected chi connectivity index (χ0v) is 12.1. The van der Waals surface area contributed by atoms with Crippen LogP contribution in [0.2, 0.25) is 0 Å². The number of hydrogen-bond donors (Lipinski definition) is 1. The number of aromatic nitrogens is 2. The lowest BCUT2D eigenvalue weighted by Gasteiger charge is -2.10. The summed E-state index contributed by atoms with van der Waals surface area (Å²) in [4.78, 5) is 4.42. The minimum absolute atomic E-state index is 0.518. The molecule has 1 unspecified atom stereocenters. The van der Waals surface area contributed by atoms with Crippen LogP contribution in [0, 0.1) is 0 Å². The molecule has 19 heavy (non-hydrogen) atoms. The van der Waals surface area contributed by atoms with Crippen LogP contribution in [0.5, 0.6) is 0 Å². The van der Waals surface area contributed by atoms with Gasteiger partial charge in [-0.05, 0) is 38.4 Å². The molecule has 0 aliphatic rings. The highest BCUT2D eigenvalue weighted by Crippen LogP contribution is 2.11. The molecule has 0 saturated heterocycles. The Bertz CT molecular complexity index is 499. The van der Waals surface area contributed by atoms with Crippen molar-refractivity contribution in [3.63, 3.8) is 0 Å². The number of nitrogens with one attached hydrogen (secondary N) is 1. The maximum Gasteiger partial charge on any atom is 0.113 e. The van der Waals surface area contributed by atoms with Crippen LogP contribution >= 0.6 is 0 Å². The second-order valence-corrected chi connectivity index (χ2v) is 5.02. The number of rotatable bonds is 6. The van der Waals surface area contributed by atoms with Crippen LogP contribution in [-0.4, -0.2) is 22.6 Å². The van der Waals surface area contributed by atoms with Crippen LogP contribution < -0.4 is 5.32 Å². The molecule has 1 heterocycles. The van der Waals surface area contributed by atoms with Gasteiger partial charge in [0.1, 0.15) is 5.82 Å². The van der Waals surface area contributed by atoms with E-state index in [2.05, 4.69) is 53.0 Å². The van der Waals surface area contributed by atoms with E-state index in [1.165, 1.54) is 11.1 Å². The van der Waals surface area contributed by atoms with Crippen LogP contribution in [0.1, 0.15) is 30.8 Å². The summed E-state index contributed by atoms with van der Waals surface area (Å²) < 4.78 is 2.19. The van der Waals surface area contributed by atoms with Crippen molar-refractivity contribution in [2.24, 2.45) is 0 Å². The highest BCUT2D eigenvalue weighted by atomic mass is 15.0. The number of aryl methyl sites for hydroxylation is 1. The fourth-order valence-corrected chi connectivity index (χ4v) is 2.23. The first-order chi connectivity index (χ1) is 9.22. The second kappa shape index (κ2) is 6.53. The molecule has 0 bridgehead atoms. The Hall–Kier alpha value is -1.61. The van der Waals surface area contributed by atoms with Gasteiger partial charge in [-0.3, -0.25) is 0 Å². The van der Waals surface area contributed by atoms with Gasteiger partial charge in [0.25, 0.3) is 0 Å². The normalized spacial score (nSPS) is 12.6. The fourth-order valence-electron chi connectivity index (χ4n) is 2.23. The molecule has 1 aromatic heterocycles. The van der Waals surface area contributed by atoms with Crippen molar-refractivity contribution in [3.8, 4) is 0 Å². The van der Waals surface area contributed by atoms with Gasteiger partial charge in [0.15, 0.2) is 0 Å². The van der Waals surface area contributed by atoms with Crippen LogP contribution in [0.4, 0.5) is 0 Å². The lowest BCUT2D eigenvalue weighted by molar-refractivity contribution is 0.608. The molecule has 2 aromatic rings. The van der Waals surface area contributed by atoms with E-state index in [9.17, 15) is 0 Å². The molecule has 0 spiro atoms. The van der Waals surface area contributed by atoms with Gasteiger partial charge in [0.2, 0.25) is 0 Å². The van der Waals surface area contributed by atoms with Crippen LogP contribution in [-0.2, 0) is 19.4 Å². The van der Waals surface area contributed by atoms with Gasteiger partial charge < -0.3 is 9.88 Å². The maximum absolute atomic E-state index is 4.42. The first kappa shape index (κ1) is 13.8. The van der Waals surface area contributed by atoms with Gasteiger partial charge >= 0.3 is 0 Å². The molecular weight excluding hydrogens is 234 g/mol. The maximum atomic E-state index is 4.42. The predicted molar refractivity (Wildman–Crippen MR) is 79.4 cm³/mol.